The van der Waals surface area contributed by atoms with Gasteiger partial charge in [-0.3, -0.25) is 0 Å². The molecule has 76 valence electrons. The van der Waals surface area contributed by atoms with Gasteiger partial charge in [0.2, 0.25) is 0 Å². The molecule has 0 saturated carbocycles. The topological polar surface area (TPSA) is 23.8 Å². The average molecular weight is 189 g/mol. The number of unbranched alkanes of at least 4 members (excludes halogenated alkanes) is 1. The Bertz CT molecular complexity index is 266. The van der Waals surface area contributed by atoms with Crippen molar-refractivity contribution in [3.63, 3.8) is 0 Å². The predicted molar refractivity (Wildman–Crippen MR) is 61.1 cm³/mol. The van der Waals surface area contributed by atoms with E-state index in [0.717, 1.165) is 12.0 Å². The zero-order valence-electron chi connectivity index (χ0n) is 9.38. The van der Waals surface area contributed by atoms with Crippen LogP contribution >= 0.6 is 0 Å². The van der Waals surface area contributed by atoms with Gasteiger partial charge in [0, 0.05) is 0 Å². The zero-order chi connectivity index (χ0) is 10.8. The number of nitrogens with zero attached hydrogens (tertiary/aromatic N) is 1. The fourth-order valence-electron chi connectivity index (χ4n) is 1.13. The first kappa shape index (κ1) is 12.7. The third-order valence-electron chi connectivity index (χ3n) is 1.90. The summed E-state index contributed by atoms with van der Waals surface area (Å²) in [6, 6.07) is 9.94. The molecule has 0 bridgehead atoms. The summed E-state index contributed by atoms with van der Waals surface area (Å²) in [6.07, 6.45) is 3.58. The zero-order valence-corrected chi connectivity index (χ0v) is 9.38. The van der Waals surface area contributed by atoms with E-state index >= 15 is 0 Å². The number of benzene rings is 1. The Balaban J connectivity index is 0.000000791. The molecule has 1 aromatic rings. The lowest BCUT2D eigenvalue weighted by molar-refractivity contribution is 0.795. The molecular formula is C13H19N. The summed E-state index contributed by atoms with van der Waals surface area (Å²) in [5, 5.41) is 8.55. The highest BCUT2D eigenvalue weighted by Crippen LogP contribution is 2.06. The van der Waals surface area contributed by atoms with E-state index < -0.39 is 0 Å². The van der Waals surface area contributed by atoms with Crippen LogP contribution in [-0.2, 0) is 6.42 Å². The predicted octanol–water partition coefficient (Wildman–Crippen LogP) is 3.93. The van der Waals surface area contributed by atoms with E-state index in [2.05, 4.69) is 13.0 Å². The number of rotatable bonds is 3. The van der Waals surface area contributed by atoms with Crippen LogP contribution in [-0.4, -0.2) is 0 Å². The highest BCUT2D eigenvalue weighted by atomic mass is 14.2. The van der Waals surface area contributed by atoms with Crippen molar-refractivity contribution in [3.8, 4) is 6.07 Å². The van der Waals surface area contributed by atoms with Gasteiger partial charge in [-0.25, -0.2) is 0 Å². The molecule has 0 spiro atoms. The quantitative estimate of drug-likeness (QED) is 0.706. The van der Waals surface area contributed by atoms with E-state index in [4.69, 9.17) is 5.26 Å². The minimum Gasteiger partial charge on any atom is -0.192 e. The van der Waals surface area contributed by atoms with Crippen LogP contribution in [0.15, 0.2) is 24.3 Å². The highest BCUT2D eigenvalue weighted by molar-refractivity contribution is 5.31. The Labute approximate surface area is 87.4 Å². The van der Waals surface area contributed by atoms with Gasteiger partial charge >= 0.3 is 0 Å². The van der Waals surface area contributed by atoms with Crippen LogP contribution < -0.4 is 0 Å². The lowest BCUT2D eigenvalue weighted by atomic mass is 10.1. The van der Waals surface area contributed by atoms with E-state index in [0.29, 0.717) is 0 Å². The van der Waals surface area contributed by atoms with Crippen LogP contribution in [0.5, 0.6) is 0 Å². The average Bonchev–Trinajstić information content (AvgIpc) is 2.30. The second-order valence-corrected chi connectivity index (χ2v) is 2.91. The van der Waals surface area contributed by atoms with Crippen molar-refractivity contribution in [1.82, 2.24) is 0 Å². The van der Waals surface area contributed by atoms with Crippen LogP contribution in [0.1, 0.15) is 44.7 Å². The molecule has 0 heterocycles. The summed E-state index contributed by atoms with van der Waals surface area (Å²) < 4.78 is 0. The third kappa shape index (κ3) is 4.67. The number of hydrogen-bond donors (Lipinski definition) is 0. The molecule has 1 heteroatoms. The molecule has 0 aromatic heterocycles. The van der Waals surface area contributed by atoms with Gasteiger partial charge in [-0.15, -0.1) is 0 Å². The molecule has 0 saturated heterocycles. The molecule has 0 atom stereocenters. The van der Waals surface area contributed by atoms with Gasteiger partial charge < -0.3 is 0 Å². The van der Waals surface area contributed by atoms with E-state index in [1.54, 1.807) is 0 Å². The third-order valence-corrected chi connectivity index (χ3v) is 1.90. The smallest absolute Gasteiger partial charge is 0.0991 e. The standard InChI is InChI=1S/C11H13N.C2H6/c1-2-3-4-10-5-7-11(9-12)8-6-10;1-2/h5-8H,2-4H2,1H3;1-2H3. The summed E-state index contributed by atoms with van der Waals surface area (Å²) in [7, 11) is 0. The van der Waals surface area contributed by atoms with Crippen LogP contribution in [0, 0.1) is 11.3 Å². The first-order valence-electron chi connectivity index (χ1n) is 5.36. The molecule has 1 rings (SSSR count). The summed E-state index contributed by atoms with van der Waals surface area (Å²) in [4.78, 5) is 0. The van der Waals surface area contributed by atoms with Crippen molar-refractivity contribution in [2.45, 2.75) is 40.0 Å². The second kappa shape index (κ2) is 8.31. The molecule has 1 nitrogen and oxygen atoms in total. The molecule has 1 aromatic carbocycles. The van der Waals surface area contributed by atoms with E-state index in [1.807, 2.05) is 38.1 Å². The maximum atomic E-state index is 8.55. The molecule has 14 heavy (non-hydrogen) atoms. The van der Waals surface area contributed by atoms with Crippen LogP contribution in [0.3, 0.4) is 0 Å². The van der Waals surface area contributed by atoms with Gasteiger partial charge in [0.05, 0.1) is 11.6 Å². The number of aryl methyl sites for hydroxylation is 1. The molecular weight excluding hydrogens is 170 g/mol. The van der Waals surface area contributed by atoms with E-state index in [-0.39, 0.29) is 0 Å². The summed E-state index contributed by atoms with van der Waals surface area (Å²) in [6.45, 7) is 6.18. The van der Waals surface area contributed by atoms with Gasteiger partial charge in [-0.05, 0) is 30.5 Å². The van der Waals surface area contributed by atoms with Crippen molar-refractivity contribution in [1.29, 1.82) is 5.26 Å². The minimum atomic E-state index is 0.746. The van der Waals surface area contributed by atoms with Crippen LogP contribution in [0.2, 0.25) is 0 Å². The van der Waals surface area contributed by atoms with Crippen molar-refractivity contribution in [3.05, 3.63) is 35.4 Å². The SMILES string of the molecule is CC.CCCCc1ccc(C#N)cc1. The van der Waals surface area contributed by atoms with E-state index in [1.165, 1.54) is 18.4 Å². The van der Waals surface area contributed by atoms with Crippen LogP contribution in [0.4, 0.5) is 0 Å². The normalized spacial score (nSPS) is 8.43. The molecule has 0 aliphatic heterocycles. The monoisotopic (exact) mass is 189 g/mol. The molecule has 0 radical (unpaired) electrons. The summed E-state index contributed by atoms with van der Waals surface area (Å²) in [5.41, 5.74) is 2.08. The van der Waals surface area contributed by atoms with Gasteiger partial charge in [0.25, 0.3) is 0 Å². The van der Waals surface area contributed by atoms with Crippen molar-refractivity contribution in [2.24, 2.45) is 0 Å². The minimum absolute atomic E-state index is 0.746. The lowest BCUT2D eigenvalue weighted by Gasteiger charge is -1.98. The Hall–Kier alpha value is -1.29. The maximum absolute atomic E-state index is 8.55. The van der Waals surface area contributed by atoms with Crippen LogP contribution in [0.25, 0.3) is 0 Å². The Morgan fingerprint density at radius 1 is 1.14 bits per heavy atom. The van der Waals surface area contributed by atoms with Crippen molar-refractivity contribution >= 4 is 0 Å². The lowest BCUT2D eigenvalue weighted by Crippen LogP contribution is -1.84. The number of nitriles is 1. The van der Waals surface area contributed by atoms with Gasteiger partial charge in [-0.2, -0.15) is 5.26 Å². The van der Waals surface area contributed by atoms with Gasteiger partial charge in [-0.1, -0.05) is 39.3 Å². The fraction of sp³-hybridized carbons (Fsp3) is 0.462. The Morgan fingerprint density at radius 3 is 2.14 bits per heavy atom. The maximum Gasteiger partial charge on any atom is 0.0991 e. The molecule has 0 unspecified atom stereocenters. The first-order valence-corrected chi connectivity index (χ1v) is 5.36. The molecule has 0 N–H and O–H groups in total. The Kier molecular flexibility index (Phi) is 7.55. The van der Waals surface area contributed by atoms with Crippen molar-refractivity contribution in [2.75, 3.05) is 0 Å². The Morgan fingerprint density at radius 2 is 1.71 bits per heavy atom. The van der Waals surface area contributed by atoms with Gasteiger partial charge in [0.1, 0.15) is 0 Å². The number of hydrogen-bond acceptors (Lipinski definition) is 1. The van der Waals surface area contributed by atoms with Crippen molar-refractivity contribution < 1.29 is 0 Å². The fourth-order valence-corrected chi connectivity index (χ4v) is 1.13. The first-order chi connectivity index (χ1) is 6.86. The van der Waals surface area contributed by atoms with E-state index in [9.17, 15) is 0 Å². The molecule has 0 aliphatic rings. The van der Waals surface area contributed by atoms with Gasteiger partial charge in [0.15, 0.2) is 0 Å². The summed E-state index contributed by atoms with van der Waals surface area (Å²) in [5.74, 6) is 0. The molecule has 0 aliphatic carbocycles. The molecule has 0 amide bonds. The largest absolute Gasteiger partial charge is 0.192 e. The second-order valence-electron chi connectivity index (χ2n) is 2.91. The highest BCUT2D eigenvalue weighted by Gasteiger charge is 1.92. The molecule has 0 fully saturated rings. The summed E-state index contributed by atoms with van der Waals surface area (Å²) >= 11 is 0.